The van der Waals surface area contributed by atoms with E-state index in [1.807, 2.05) is 24.3 Å². The van der Waals surface area contributed by atoms with Gasteiger partial charge >= 0.3 is 0 Å². The summed E-state index contributed by atoms with van der Waals surface area (Å²) in [6.07, 6.45) is 0. The quantitative estimate of drug-likeness (QED) is 0.537. The molecule has 0 atom stereocenters. The van der Waals surface area contributed by atoms with E-state index in [1.165, 1.54) is 12.1 Å². The lowest BCUT2D eigenvalue weighted by molar-refractivity contribution is -0.384. The van der Waals surface area contributed by atoms with Crippen LogP contribution in [0.15, 0.2) is 42.5 Å². The number of non-ortho nitro benzene ring substituents is 1. The summed E-state index contributed by atoms with van der Waals surface area (Å²) >= 11 is 1.59. The number of rotatable bonds is 4. The van der Waals surface area contributed by atoms with E-state index >= 15 is 0 Å². The highest BCUT2D eigenvalue weighted by Gasteiger charge is 2.10. The summed E-state index contributed by atoms with van der Waals surface area (Å²) in [4.78, 5) is 14.8. The molecule has 0 bridgehead atoms. The fourth-order valence-electron chi connectivity index (χ4n) is 2.03. The monoisotopic (exact) mass is 300 g/mol. The number of fused-ring (bicyclic) bond motifs is 1. The largest absolute Gasteiger partial charge is 0.486 e. The van der Waals surface area contributed by atoms with Gasteiger partial charge in [-0.05, 0) is 30.7 Å². The average Bonchev–Trinajstić information content (AvgIpc) is 2.88. The summed E-state index contributed by atoms with van der Waals surface area (Å²) < 4.78 is 6.83. The Bertz CT molecular complexity index is 781. The van der Waals surface area contributed by atoms with Crippen LogP contribution in [0.3, 0.4) is 0 Å². The van der Waals surface area contributed by atoms with Crippen LogP contribution < -0.4 is 4.74 Å². The Balaban J connectivity index is 1.76. The highest BCUT2D eigenvalue weighted by atomic mass is 32.1. The van der Waals surface area contributed by atoms with Crippen LogP contribution in [0, 0.1) is 17.0 Å². The number of aromatic nitrogens is 1. The SMILES string of the molecule is Cc1cc([N+](=O)[O-])ccc1OCc1nc2ccccc2s1. The number of nitro benzene ring substituents is 1. The van der Waals surface area contributed by atoms with E-state index in [-0.39, 0.29) is 5.69 Å². The summed E-state index contributed by atoms with van der Waals surface area (Å²) in [7, 11) is 0. The van der Waals surface area contributed by atoms with Crippen molar-refractivity contribution < 1.29 is 9.66 Å². The molecule has 0 fully saturated rings. The van der Waals surface area contributed by atoms with Gasteiger partial charge in [0.2, 0.25) is 0 Å². The first-order valence-electron chi connectivity index (χ1n) is 6.36. The molecule has 0 saturated heterocycles. The van der Waals surface area contributed by atoms with Gasteiger partial charge in [-0.3, -0.25) is 10.1 Å². The first-order valence-corrected chi connectivity index (χ1v) is 7.17. The van der Waals surface area contributed by atoms with Crippen LogP contribution in [0.4, 0.5) is 5.69 Å². The molecule has 0 unspecified atom stereocenters. The lowest BCUT2D eigenvalue weighted by Crippen LogP contribution is -1.97. The maximum Gasteiger partial charge on any atom is 0.269 e. The normalized spacial score (nSPS) is 10.7. The van der Waals surface area contributed by atoms with Crippen molar-refractivity contribution in [2.24, 2.45) is 0 Å². The standard InChI is InChI=1S/C15H12N2O3S/c1-10-8-11(17(18)19)6-7-13(10)20-9-15-16-12-4-2-3-5-14(12)21-15/h2-8H,9H2,1H3. The maximum atomic E-state index is 10.7. The molecule has 0 spiro atoms. The second kappa shape index (κ2) is 5.49. The van der Waals surface area contributed by atoms with Crippen LogP contribution in [0.25, 0.3) is 10.2 Å². The van der Waals surface area contributed by atoms with Gasteiger partial charge in [-0.25, -0.2) is 4.98 Å². The van der Waals surface area contributed by atoms with Gasteiger partial charge in [0.25, 0.3) is 5.69 Å². The van der Waals surface area contributed by atoms with Crippen molar-refractivity contribution in [3.63, 3.8) is 0 Å². The molecule has 0 aliphatic heterocycles. The molecule has 1 aromatic heterocycles. The van der Waals surface area contributed by atoms with Crippen molar-refractivity contribution in [2.75, 3.05) is 0 Å². The molecule has 0 saturated carbocycles. The number of hydrogen-bond acceptors (Lipinski definition) is 5. The van der Waals surface area contributed by atoms with Crippen LogP contribution in [-0.4, -0.2) is 9.91 Å². The summed E-state index contributed by atoms with van der Waals surface area (Å²) in [6.45, 7) is 2.15. The number of ether oxygens (including phenoxy) is 1. The van der Waals surface area contributed by atoms with E-state index < -0.39 is 4.92 Å². The molecule has 0 amide bonds. The highest BCUT2D eigenvalue weighted by molar-refractivity contribution is 7.18. The molecular weight excluding hydrogens is 288 g/mol. The number of nitrogens with zero attached hydrogens (tertiary/aromatic N) is 2. The van der Waals surface area contributed by atoms with Gasteiger partial charge in [0.05, 0.1) is 15.1 Å². The van der Waals surface area contributed by atoms with Gasteiger partial charge in [-0.2, -0.15) is 0 Å². The van der Waals surface area contributed by atoms with Gasteiger partial charge in [-0.1, -0.05) is 12.1 Å². The van der Waals surface area contributed by atoms with E-state index in [9.17, 15) is 10.1 Å². The molecule has 106 valence electrons. The van der Waals surface area contributed by atoms with Crippen molar-refractivity contribution in [1.82, 2.24) is 4.98 Å². The molecule has 0 aliphatic carbocycles. The third-order valence-electron chi connectivity index (χ3n) is 3.06. The molecule has 5 nitrogen and oxygen atoms in total. The molecule has 2 aromatic carbocycles. The minimum absolute atomic E-state index is 0.0693. The number of thiazole rings is 1. The predicted molar refractivity (Wildman–Crippen MR) is 81.8 cm³/mol. The van der Waals surface area contributed by atoms with Crippen LogP contribution in [0.2, 0.25) is 0 Å². The topological polar surface area (TPSA) is 65.3 Å². The molecule has 1 heterocycles. The third-order valence-corrected chi connectivity index (χ3v) is 4.07. The second-order valence-corrected chi connectivity index (χ2v) is 5.69. The van der Waals surface area contributed by atoms with Crippen molar-refractivity contribution >= 4 is 27.2 Å². The minimum atomic E-state index is -0.412. The first kappa shape index (κ1) is 13.5. The van der Waals surface area contributed by atoms with E-state index in [4.69, 9.17) is 4.74 Å². The van der Waals surface area contributed by atoms with Crippen LogP contribution in [-0.2, 0) is 6.61 Å². The average molecular weight is 300 g/mol. The Hall–Kier alpha value is -2.47. The number of benzene rings is 2. The summed E-state index contributed by atoms with van der Waals surface area (Å²) in [5.74, 6) is 0.639. The van der Waals surface area contributed by atoms with Gasteiger partial charge < -0.3 is 4.74 Å². The predicted octanol–water partition coefficient (Wildman–Crippen LogP) is 4.09. The summed E-state index contributed by atoms with van der Waals surface area (Å²) in [6, 6.07) is 12.5. The molecule has 6 heteroatoms. The van der Waals surface area contributed by atoms with E-state index in [1.54, 1.807) is 24.3 Å². The fraction of sp³-hybridized carbons (Fsp3) is 0.133. The Kier molecular flexibility index (Phi) is 3.53. The van der Waals surface area contributed by atoms with Crippen LogP contribution in [0.5, 0.6) is 5.75 Å². The molecule has 0 radical (unpaired) electrons. The van der Waals surface area contributed by atoms with Gasteiger partial charge in [-0.15, -0.1) is 11.3 Å². The Labute approximate surface area is 125 Å². The molecule has 21 heavy (non-hydrogen) atoms. The highest BCUT2D eigenvalue weighted by Crippen LogP contribution is 2.26. The van der Waals surface area contributed by atoms with Gasteiger partial charge in [0, 0.05) is 12.1 Å². The Morgan fingerprint density at radius 3 is 2.81 bits per heavy atom. The van der Waals surface area contributed by atoms with Gasteiger partial charge in [0.15, 0.2) is 0 Å². The van der Waals surface area contributed by atoms with E-state index in [2.05, 4.69) is 4.98 Å². The van der Waals surface area contributed by atoms with Gasteiger partial charge in [0.1, 0.15) is 17.4 Å². The zero-order chi connectivity index (χ0) is 14.8. The zero-order valence-corrected chi connectivity index (χ0v) is 12.1. The molecular formula is C15H12N2O3S. The van der Waals surface area contributed by atoms with E-state index in [0.29, 0.717) is 12.4 Å². The smallest absolute Gasteiger partial charge is 0.269 e. The van der Waals surface area contributed by atoms with Crippen molar-refractivity contribution in [3.8, 4) is 5.75 Å². The third kappa shape index (κ3) is 2.85. The second-order valence-electron chi connectivity index (χ2n) is 4.57. The number of para-hydroxylation sites is 1. The number of aryl methyl sites for hydroxylation is 1. The lowest BCUT2D eigenvalue weighted by atomic mass is 10.2. The first-order chi connectivity index (χ1) is 10.1. The summed E-state index contributed by atoms with van der Waals surface area (Å²) in [5, 5.41) is 11.6. The van der Waals surface area contributed by atoms with Crippen LogP contribution in [0.1, 0.15) is 10.6 Å². The lowest BCUT2D eigenvalue weighted by Gasteiger charge is -2.06. The summed E-state index contributed by atoms with van der Waals surface area (Å²) in [5.41, 5.74) is 1.77. The number of hydrogen-bond donors (Lipinski definition) is 0. The number of nitro groups is 1. The Morgan fingerprint density at radius 1 is 1.29 bits per heavy atom. The molecule has 0 aliphatic rings. The molecule has 3 rings (SSSR count). The van der Waals surface area contributed by atoms with Crippen molar-refractivity contribution in [3.05, 3.63) is 63.1 Å². The maximum absolute atomic E-state index is 10.7. The fourth-order valence-corrected chi connectivity index (χ4v) is 2.91. The minimum Gasteiger partial charge on any atom is -0.486 e. The van der Waals surface area contributed by atoms with Crippen LogP contribution >= 0.6 is 11.3 Å². The van der Waals surface area contributed by atoms with E-state index in [0.717, 1.165) is 20.8 Å². The zero-order valence-electron chi connectivity index (χ0n) is 11.3. The molecule has 0 N–H and O–H groups in total. The molecule has 3 aromatic rings. The van der Waals surface area contributed by atoms with Crippen molar-refractivity contribution in [1.29, 1.82) is 0 Å². The van der Waals surface area contributed by atoms with Crippen molar-refractivity contribution in [2.45, 2.75) is 13.5 Å². The Morgan fingerprint density at radius 2 is 2.10 bits per heavy atom.